The Labute approximate surface area is 172 Å². The molecular weight excluding hydrogens is 415 g/mol. The van der Waals surface area contributed by atoms with Gasteiger partial charge in [0.15, 0.2) is 5.69 Å². The zero-order valence-corrected chi connectivity index (χ0v) is 16.6. The highest BCUT2D eigenvalue weighted by Crippen LogP contribution is 2.38. The first-order valence-electron chi connectivity index (χ1n) is 9.11. The number of hydrogen-bond acceptors (Lipinski definition) is 5. The second-order valence-corrected chi connectivity index (χ2v) is 6.89. The maximum atomic E-state index is 13.7. The minimum atomic E-state index is -4.82. The highest BCUT2D eigenvalue weighted by Gasteiger charge is 2.39. The summed E-state index contributed by atoms with van der Waals surface area (Å²) < 4.78 is 46.9. The van der Waals surface area contributed by atoms with E-state index in [2.05, 4.69) is 20.4 Å². The van der Waals surface area contributed by atoms with Crippen molar-refractivity contribution in [1.82, 2.24) is 19.6 Å². The van der Waals surface area contributed by atoms with E-state index in [1.807, 2.05) is 0 Å². The van der Waals surface area contributed by atoms with Crippen molar-refractivity contribution in [2.24, 2.45) is 0 Å². The van der Waals surface area contributed by atoms with Crippen molar-refractivity contribution < 1.29 is 22.4 Å². The fraction of sp³-hybridized carbons (Fsp3) is 0.200. The number of nitrogens with one attached hydrogen (secondary N) is 2. The number of rotatable bonds is 3. The van der Waals surface area contributed by atoms with Gasteiger partial charge in [-0.15, -0.1) is 0 Å². The van der Waals surface area contributed by atoms with E-state index in [9.17, 15) is 22.8 Å². The molecule has 8 nitrogen and oxygen atoms in total. The van der Waals surface area contributed by atoms with Crippen LogP contribution in [0.2, 0.25) is 0 Å². The SMILES string of the molecule is Cc1nc(NC(=O)c2c(C)[nH]c3c(-c4ccccc4)c(C(F)(F)F)nn3c2=O)oc1C. The molecule has 2 N–H and O–H groups in total. The Morgan fingerprint density at radius 2 is 1.84 bits per heavy atom. The van der Waals surface area contributed by atoms with Crippen LogP contribution in [0.25, 0.3) is 16.8 Å². The Morgan fingerprint density at radius 3 is 2.42 bits per heavy atom. The summed E-state index contributed by atoms with van der Waals surface area (Å²) in [6.45, 7) is 4.74. The quantitative estimate of drug-likeness (QED) is 0.512. The minimum Gasteiger partial charge on any atom is -0.428 e. The van der Waals surface area contributed by atoms with Crippen molar-refractivity contribution in [3.63, 3.8) is 0 Å². The number of carbonyl (C=O) groups is 1. The smallest absolute Gasteiger partial charge is 0.428 e. The molecule has 0 aliphatic heterocycles. The van der Waals surface area contributed by atoms with Crippen molar-refractivity contribution in [2.45, 2.75) is 26.9 Å². The van der Waals surface area contributed by atoms with Crippen molar-refractivity contribution >= 4 is 17.6 Å². The van der Waals surface area contributed by atoms with E-state index in [4.69, 9.17) is 4.42 Å². The van der Waals surface area contributed by atoms with E-state index in [0.717, 1.165) is 0 Å². The topological polar surface area (TPSA) is 105 Å². The molecule has 3 aromatic heterocycles. The highest BCUT2D eigenvalue weighted by molar-refractivity contribution is 6.04. The second-order valence-electron chi connectivity index (χ2n) is 6.89. The summed E-state index contributed by atoms with van der Waals surface area (Å²) in [6, 6.07) is 7.64. The van der Waals surface area contributed by atoms with E-state index < -0.39 is 28.9 Å². The molecule has 0 saturated carbocycles. The molecule has 0 saturated heterocycles. The first-order valence-corrected chi connectivity index (χ1v) is 9.11. The monoisotopic (exact) mass is 431 g/mol. The van der Waals surface area contributed by atoms with Gasteiger partial charge in [0.1, 0.15) is 17.0 Å². The van der Waals surface area contributed by atoms with Crippen LogP contribution in [-0.4, -0.2) is 25.5 Å². The van der Waals surface area contributed by atoms with Crippen LogP contribution < -0.4 is 10.9 Å². The number of carbonyl (C=O) groups excluding carboxylic acids is 1. The molecule has 11 heteroatoms. The van der Waals surface area contributed by atoms with Crippen LogP contribution in [0.5, 0.6) is 0 Å². The summed E-state index contributed by atoms with van der Waals surface area (Å²) in [5, 5.41) is 5.85. The fourth-order valence-corrected chi connectivity index (χ4v) is 3.22. The van der Waals surface area contributed by atoms with Gasteiger partial charge in [-0.25, -0.2) is 0 Å². The molecule has 0 atom stereocenters. The second kappa shape index (κ2) is 7.11. The van der Waals surface area contributed by atoms with E-state index in [0.29, 0.717) is 16.0 Å². The van der Waals surface area contributed by atoms with Crippen LogP contribution in [0.15, 0.2) is 39.5 Å². The van der Waals surface area contributed by atoms with Crippen LogP contribution in [0.4, 0.5) is 19.2 Å². The summed E-state index contributed by atoms with van der Waals surface area (Å²) >= 11 is 0. The molecule has 0 aliphatic rings. The number of aromatic nitrogens is 4. The summed E-state index contributed by atoms with van der Waals surface area (Å²) in [5.74, 6) is -0.405. The molecule has 4 rings (SSSR count). The van der Waals surface area contributed by atoms with Gasteiger partial charge in [0.05, 0.1) is 11.3 Å². The van der Waals surface area contributed by atoms with Gasteiger partial charge in [-0.1, -0.05) is 30.3 Å². The van der Waals surface area contributed by atoms with Crippen LogP contribution in [0.1, 0.15) is 33.2 Å². The van der Waals surface area contributed by atoms with E-state index in [-0.39, 0.29) is 28.5 Å². The number of fused-ring (bicyclic) bond motifs is 1. The predicted molar refractivity (Wildman–Crippen MR) is 105 cm³/mol. The van der Waals surface area contributed by atoms with Gasteiger partial charge in [-0.3, -0.25) is 14.9 Å². The number of nitrogens with zero attached hydrogens (tertiary/aromatic N) is 3. The lowest BCUT2D eigenvalue weighted by atomic mass is 10.1. The molecule has 0 spiro atoms. The molecule has 31 heavy (non-hydrogen) atoms. The number of benzene rings is 1. The van der Waals surface area contributed by atoms with Crippen LogP contribution in [0.3, 0.4) is 0 Å². The van der Waals surface area contributed by atoms with E-state index in [1.165, 1.54) is 19.1 Å². The van der Waals surface area contributed by atoms with Crippen LogP contribution in [0, 0.1) is 20.8 Å². The number of aromatic amines is 1. The number of anilines is 1. The lowest BCUT2D eigenvalue weighted by Gasteiger charge is -2.08. The average molecular weight is 431 g/mol. The molecule has 0 bridgehead atoms. The summed E-state index contributed by atoms with van der Waals surface area (Å²) in [5.41, 5.74) is -2.25. The van der Waals surface area contributed by atoms with Gasteiger partial charge in [0.2, 0.25) is 0 Å². The molecule has 0 unspecified atom stereocenters. The Hall–Kier alpha value is -3.89. The van der Waals surface area contributed by atoms with E-state index >= 15 is 0 Å². The number of halogens is 3. The molecule has 160 valence electrons. The van der Waals surface area contributed by atoms with Crippen molar-refractivity contribution in [1.29, 1.82) is 0 Å². The predicted octanol–water partition coefficient (Wildman–Crippen LogP) is 3.87. The number of amides is 1. The van der Waals surface area contributed by atoms with Gasteiger partial charge in [-0.05, 0) is 26.3 Å². The van der Waals surface area contributed by atoms with Crippen molar-refractivity contribution in [2.75, 3.05) is 5.32 Å². The first-order chi connectivity index (χ1) is 14.6. The summed E-state index contributed by atoms with van der Waals surface area (Å²) in [6.07, 6.45) is -4.82. The Morgan fingerprint density at radius 1 is 1.16 bits per heavy atom. The largest absolute Gasteiger partial charge is 0.435 e. The zero-order chi connectivity index (χ0) is 22.5. The molecule has 4 aromatic rings. The highest BCUT2D eigenvalue weighted by atomic mass is 19.4. The maximum Gasteiger partial charge on any atom is 0.435 e. The maximum absolute atomic E-state index is 13.7. The Kier molecular flexibility index (Phi) is 4.68. The van der Waals surface area contributed by atoms with Gasteiger partial charge >= 0.3 is 12.2 Å². The van der Waals surface area contributed by atoms with Crippen LogP contribution in [-0.2, 0) is 6.18 Å². The molecule has 0 radical (unpaired) electrons. The first kappa shape index (κ1) is 20.4. The Balaban J connectivity index is 1.91. The van der Waals surface area contributed by atoms with Gasteiger partial charge < -0.3 is 9.40 Å². The third-order valence-electron chi connectivity index (χ3n) is 4.78. The van der Waals surface area contributed by atoms with Gasteiger partial charge in [0, 0.05) is 5.69 Å². The van der Waals surface area contributed by atoms with Gasteiger partial charge in [0.25, 0.3) is 11.5 Å². The number of H-pyrrole nitrogens is 1. The molecule has 0 fully saturated rings. The molecular formula is C20H16F3N5O3. The van der Waals surface area contributed by atoms with Crippen molar-refractivity contribution in [3.05, 3.63) is 69.1 Å². The third kappa shape index (κ3) is 3.47. The standard InChI is InChI=1S/C20H16F3N5O3/c1-9-11(3)31-19(25-9)26-17(29)13-10(2)24-16-14(12-7-5-4-6-8-12)15(20(21,22)23)27-28(16)18(13)30/h4-8,24H,1-3H3,(H,25,26,29). The average Bonchev–Trinajstić information content (AvgIpc) is 3.22. The number of oxazole rings is 1. The van der Waals surface area contributed by atoms with Crippen LogP contribution >= 0.6 is 0 Å². The minimum absolute atomic E-state index is 0.0702. The molecule has 1 amide bonds. The van der Waals surface area contributed by atoms with Crippen molar-refractivity contribution in [3.8, 4) is 11.1 Å². The number of alkyl halides is 3. The van der Waals surface area contributed by atoms with E-state index in [1.54, 1.807) is 32.0 Å². The molecule has 0 aliphatic carbocycles. The Bertz CT molecular complexity index is 1350. The number of aryl methyl sites for hydroxylation is 3. The third-order valence-corrected chi connectivity index (χ3v) is 4.78. The normalized spacial score (nSPS) is 11.8. The number of hydrogen-bond donors (Lipinski definition) is 2. The lowest BCUT2D eigenvalue weighted by Crippen LogP contribution is -2.29. The summed E-state index contributed by atoms with van der Waals surface area (Å²) in [7, 11) is 0. The lowest BCUT2D eigenvalue weighted by molar-refractivity contribution is -0.140. The summed E-state index contributed by atoms with van der Waals surface area (Å²) in [4.78, 5) is 32.4. The molecule has 1 aromatic carbocycles. The van der Waals surface area contributed by atoms with Gasteiger partial charge in [-0.2, -0.15) is 27.8 Å². The molecule has 3 heterocycles. The fourth-order valence-electron chi connectivity index (χ4n) is 3.22. The zero-order valence-electron chi connectivity index (χ0n) is 16.6.